The monoisotopic (exact) mass is 282 g/mol. The summed E-state index contributed by atoms with van der Waals surface area (Å²) in [5.41, 5.74) is 0. The predicted molar refractivity (Wildman–Crippen MR) is 71.7 cm³/mol. The van der Waals surface area contributed by atoms with E-state index in [1.54, 1.807) is 6.92 Å². The van der Waals surface area contributed by atoms with Gasteiger partial charge in [0.25, 0.3) is 5.91 Å². The topological polar surface area (TPSA) is 84.5 Å². The highest BCUT2D eigenvalue weighted by molar-refractivity contribution is 5.95. The first-order chi connectivity index (χ1) is 9.58. The fraction of sp³-hybridized carbons (Fsp3) is 0.786. The van der Waals surface area contributed by atoms with Crippen LogP contribution < -0.4 is 10.6 Å². The lowest BCUT2D eigenvalue weighted by Gasteiger charge is -2.20. The molecule has 6 nitrogen and oxygen atoms in total. The summed E-state index contributed by atoms with van der Waals surface area (Å²) in [6, 6.07) is -0.568. The molecule has 2 bridgehead atoms. The van der Waals surface area contributed by atoms with Crippen LogP contribution in [0.15, 0.2) is 0 Å². The van der Waals surface area contributed by atoms with E-state index in [1.165, 1.54) is 19.3 Å². The number of urea groups is 1. The van der Waals surface area contributed by atoms with Crippen LogP contribution in [0.4, 0.5) is 4.79 Å². The average Bonchev–Trinajstić information content (AvgIpc) is 2.99. The number of hydrogen-bond acceptors (Lipinski definition) is 4. The van der Waals surface area contributed by atoms with Gasteiger partial charge in [-0.25, -0.2) is 4.79 Å². The van der Waals surface area contributed by atoms with Gasteiger partial charge in [0, 0.05) is 13.0 Å². The van der Waals surface area contributed by atoms with Crippen molar-refractivity contribution in [3.8, 4) is 0 Å². The van der Waals surface area contributed by atoms with Crippen LogP contribution in [0.1, 0.15) is 39.0 Å². The van der Waals surface area contributed by atoms with Gasteiger partial charge in [-0.1, -0.05) is 6.42 Å². The summed E-state index contributed by atoms with van der Waals surface area (Å²) in [7, 11) is 0. The number of ether oxygens (including phenoxy) is 1. The summed E-state index contributed by atoms with van der Waals surface area (Å²) >= 11 is 0. The zero-order chi connectivity index (χ0) is 14.5. The fourth-order valence-corrected chi connectivity index (χ4v) is 3.41. The minimum absolute atomic E-state index is 0.339. The van der Waals surface area contributed by atoms with E-state index in [1.807, 2.05) is 0 Å². The van der Waals surface area contributed by atoms with Crippen LogP contribution >= 0.6 is 0 Å². The van der Waals surface area contributed by atoms with Gasteiger partial charge in [-0.15, -0.1) is 0 Å². The number of carbonyl (C=O) groups excluding carboxylic acids is 3. The first-order valence-electron chi connectivity index (χ1n) is 7.31. The maximum absolute atomic E-state index is 11.7. The third kappa shape index (κ3) is 3.95. The van der Waals surface area contributed by atoms with Crippen molar-refractivity contribution in [1.29, 1.82) is 0 Å². The smallest absolute Gasteiger partial charge is 0.321 e. The maximum atomic E-state index is 11.7. The molecule has 2 aliphatic rings. The number of rotatable bonds is 5. The number of carbonyl (C=O) groups is 3. The van der Waals surface area contributed by atoms with Gasteiger partial charge in [0.15, 0.2) is 6.61 Å². The van der Waals surface area contributed by atoms with E-state index in [9.17, 15) is 14.4 Å². The van der Waals surface area contributed by atoms with Crippen molar-refractivity contribution in [2.75, 3.05) is 13.2 Å². The second-order valence-corrected chi connectivity index (χ2v) is 5.71. The van der Waals surface area contributed by atoms with E-state index in [2.05, 4.69) is 10.6 Å². The second kappa shape index (κ2) is 6.72. The molecule has 0 unspecified atom stereocenters. The largest absolute Gasteiger partial charge is 0.456 e. The third-order valence-electron chi connectivity index (χ3n) is 4.27. The van der Waals surface area contributed by atoms with Gasteiger partial charge >= 0.3 is 12.0 Å². The summed E-state index contributed by atoms with van der Waals surface area (Å²) < 4.78 is 4.92. The molecule has 2 fully saturated rings. The van der Waals surface area contributed by atoms with Crippen LogP contribution in [0.25, 0.3) is 0 Å². The molecule has 0 radical (unpaired) electrons. The molecule has 2 rings (SSSR count). The van der Waals surface area contributed by atoms with Gasteiger partial charge in [0.05, 0.1) is 0 Å². The number of esters is 1. The number of hydrogen-bond donors (Lipinski definition) is 2. The molecule has 0 spiro atoms. The number of nitrogens with one attached hydrogen (secondary N) is 2. The third-order valence-corrected chi connectivity index (χ3v) is 4.27. The van der Waals surface area contributed by atoms with Gasteiger partial charge in [-0.3, -0.25) is 14.9 Å². The maximum Gasteiger partial charge on any atom is 0.321 e. The van der Waals surface area contributed by atoms with Crippen LogP contribution in [0.3, 0.4) is 0 Å². The quantitative estimate of drug-likeness (QED) is 0.742. The molecule has 0 heterocycles. The Labute approximate surface area is 118 Å². The molecule has 2 saturated carbocycles. The van der Waals surface area contributed by atoms with Crippen molar-refractivity contribution < 1.29 is 19.1 Å². The van der Waals surface area contributed by atoms with Gasteiger partial charge in [-0.2, -0.15) is 0 Å². The van der Waals surface area contributed by atoms with E-state index in [0.717, 1.165) is 12.3 Å². The fourth-order valence-electron chi connectivity index (χ4n) is 3.41. The normalized spacial score (nSPS) is 27.1. The van der Waals surface area contributed by atoms with E-state index >= 15 is 0 Å². The van der Waals surface area contributed by atoms with E-state index < -0.39 is 18.5 Å². The summed E-state index contributed by atoms with van der Waals surface area (Å²) in [6.45, 7) is 1.79. The van der Waals surface area contributed by atoms with Crippen LogP contribution in [-0.4, -0.2) is 31.1 Å². The molecule has 2 N–H and O–H groups in total. The van der Waals surface area contributed by atoms with E-state index in [-0.39, 0.29) is 5.97 Å². The van der Waals surface area contributed by atoms with Crippen molar-refractivity contribution in [2.45, 2.75) is 39.0 Å². The lowest BCUT2D eigenvalue weighted by molar-refractivity contribution is -0.149. The van der Waals surface area contributed by atoms with Crippen LogP contribution in [0.5, 0.6) is 0 Å². The lowest BCUT2D eigenvalue weighted by Crippen LogP contribution is -2.41. The summed E-state index contributed by atoms with van der Waals surface area (Å²) in [4.78, 5) is 34.1. The van der Waals surface area contributed by atoms with Gasteiger partial charge in [0.2, 0.25) is 0 Å². The summed E-state index contributed by atoms with van der Waals surface area (Å²) in [5.74, 6) is 0.939. The second-order valence-electron chi connectivity index (χ2n) is 5.71. The van der Waals surface area contributed by atoms with Crippen LogP contribution in [0, 0.1) is 17.8 Å². The standard InChI is InChI=1S/C14H22N2O4/c1-2-15-14(19)16-12(17)8-20-13(18)7-11-6-9-3-4-10(11)5-9/h9-11H,2-8H2,1H3,(H2,15,16,17,19)/t9-,10+,11+/m1/s1. The van der Waals surface area contributed by atoms with Gasteiger partial charge < -0.3 is 10.1 Å². The van der Waals surface area contributed by atoms with Crippen molar-refractivity contribution in [1.82, 2.24) is 10.6 Å². The highest BCUT2D eigenvalue weighted by atomic mass is 16.5. The van der Waals surface area contributed by atoms with E-state index in [4.69, 9.17) is 4.74 Å². The molecule has 2 aliphatic carbocycles. The zero-order valence-electron chi connectivity index (χ0n) is 11.8. The average molecular weight is 282 g/mol. The molecule has 0 aromatic rings. The van der Waals surface area contributed by atoms with Crippen molar-refractivity contribution in [2.24, 2.45) is 17.8 Å². The minimum Gasteiger partial charge on any atom is -0.456 e. The number of amides is 3. The van der Waals surface area contributed by atoms with Crippen LogP contribution in [-0.2, 0) is 14.3 Å². The Kier molecular flexibility index (Phi) is 4.98. The van der Waals surface area contributed by atoms with Gasteiger partial charge in [-0.05, 0) is 43.9 Å². The molecule has 0 saturated heterocycles. The molecule has 0 aromatic carbocycles. The summed E-state index contributed by atoms with van der Waals surface area (Å²) in [6.07, 6.45) is 5.28. The summed E-state index contributed by atoms with van der Waals surface area (Å²) in [5, 5.41) is 4.52. The number of fused-ring (bicyclic) bond motifs is 2. The Hall–Kier alpha value is -1.59. The predicted octanol–water partition coefficient (Wildman–Crippen LogP) is 1.20. The zero-order valence-corrected chi connectivity index (χ0v) is 11.8. The van der Waals surface area contributed by atoms with Crippen molar-refractivity contribution in [3.05, 3.63) is 0 Å². The number of imide groups is 1. The molecular formula is C14H22N2O4. The van der Waals surface area contributed by atoms with E-state index in [0.29, 0.717) is 24.8 Å². The molecule has 6 heteroatoms. The Morgan fingerprint density at radius 3 is 2.60 bits per heavy atom. The Morgan fingerprint density at radius 1 is 1.20 bits per heavy atom. The molecule has 20 heavy (non-hydrogen) atoms. The van der Waals surface area contributed by atoms with Crippen molar-refractivity contribution >= 4 is 17.9 Å². The first kappa shape index (κ1) is 14.8. The molecule has 3 atom stereocenters. The molecular weight excluding hydrogens is 260 g/mol. The highest BCUT2D eigenvalue weighted by Crippen LogP contribution is 2.49. The Balaban J connectivity index is 1.62. The molecule has 112 valence electrons. The highest BCUT2D eigenvalue weighted by Gasteiger charge is 2.40. The Morgan fingerprint density at radius 2 is 2.00 bits per heavy atom. The SMILES string of the molecule is CCNC(=O)NC(=O)COC(=O)C[C@@H]1C[C@@H]2CC[C@H]1C2. The van der Waals surface area contributed by atoms with Gasteiger partial charge in [0.1, 0.15) is 0 Å². The van der Waals surface area contributed by atoms with Crippen LogP contribution in [0.2, 0.25) is 0 Å². The molecule has 0 aromatic heterocycles. The molecule has 0 aliphatic heterocycles. The molecule has 3 amide bonds. The Bertz CT molecular complexity index is 397. The first-order valence-corrected chi connectivity index (χ1v) is 7.31. The minimum atomic E-state index is -0.600. The lowest BCUT2D eigenvalue weighted by atomic mass is 9.86. The van der Waals surface area contributed by atoms with Crippen molar-refractivity contribution in [3.63, 3.8) is 0 Å².